The Balaban J connectivity index is 2.18. The van der Waals surface area contributed by atoms with E-state index >= 15 is 0 Å². The molecule has 1 heterocycles. The monoisotopic (exact) mass is 126 g/mol. The normalized spacial score (nSPS) is 20.6. The second kappa shape index (κ2) is 3.64. The lowest BCUT2D eigenvalue weighted by molar-refractivity contribution is 0.211. The van der Waals surface area contributed by atoms with Gasteiger partial charge in [-0.3, -0.25) is 5.43 Å². The second-order valence-electron chi connectivity index (χ2n) is 2.22. The molecular formula is C7H14N2. The average Bonchev–Trinajstić information content (AvgIpc) is 1.91. The molecule has 0 saturated heterocycles. The van der Waals surface area contributed by atoms with Crippen LogP contribution in [0.2, 0.25) is 0 Å². The molecule has 0 unspecified atom stereocenters. The van der Waals surface area contributed by atoms with Gasteiger partial charge < -0.3 is 0 Å². The highest BCUT2D eigenvalue weighted by Gasteiger charge is 2.01. The first-order chi connectivity index (χ1) is 4.43. The minimum Gasteiger partial charge on any atom is -0.255 e. The number of hydrazine groups is 1. The van der Waals surface area contributed by atoms with Crippen LogP contribution in [0.1, 0.15) is 13.3 Å². The van der Waals surface area contributed by atoms with Crippen molar-refractivity contribution in [2.24, 2.45) is 0 Å². The Morgan fingerprint density at radius 2 is 2.44 bits per heavy atom. The van der Waals surface area contributed by atoms with Crippen LogP contribution in [0.4, 0.5) is 0 Å². The zero-order chi connectivity index (χ0) is 6.53. The lowest BCUT2D eigenvalue weighted by Crippen LogP contribution is -2.39. The van der Waals surface area contributed by atoms with Crippen LogP contribution in [-0.4, -0.2) is 24.6 Å². The summed E-state index contributed by atoms with van der Waals surface area (Å²) >= 11 is 0. The fourth-order valence-electron chi connectivity index (χ4n) is 1.01. The van der Waals surface area contributed by atoms with Crippen LogP contribution in [0, 0.1) is 0 Å². The van der Waals surface area contributed by atoms with Crippen LogP contribution in [-0.2, 0) is 0 Å². The number of nitrogens with zero attached hydrogens (tertiary/aromatic N) is 1. The molecule has 0 spiro atoms. The van der Waals surface area contributed by atoms with Crippen LogP contribution in [0.25, 0.3) is 0 Å². The lowest BCUT2D eigenvalue weighted by Gasteiger charge is -2.22. The van der Waals surface area contributed by atoms with Crippen LogP contribution in [0.5, 0.6) is 0 Å². The first-order valence-electron chi connectivity index (χ1n) is 3.57. The molecule has 2 heteroatoms. The van der Waals surface area contributed by atoms with Crippen LogP contribution < -0.4 is 5.43 Å². The third-order valence-corrected chi connectivity index (χ3v) is 1.44. The van der Waals surface area contributed by atoms with Gasteiger partial charge in [-0.1, -0.05) is 19.1 Å². The molecule has 1 rings (SSSR count). The summed E-state index contributed by atoms with van der Waals surface area (Å²) < 4.78 is 0. The molecule has 1 N–H and O–H groups in total. The van der Waals surface area contributed by atoms with Gasteiger partial charge in [0.1, 0.15) is 0 Å². The maximum atomic E-state index is 3.27. The fourth-order valence-corrected chi connectivity index (χ4v) is 1.01. The van der Waals surface area contributed by atoms with E-state index in [1.807, 2.05) is 0 Å². The summed E-state index contributed by atoms with van der Waals surface area (Å²) in [5, 5.41) is 2.24. The van der Waals surface area contributed by atoms with Gasteiger partial charge in [-0.15, -0.1) is 0 Å². The van der Waals surface area contributed by atoms with Crippen molar-refractivity contribution >= 4 is 0 Å². The summed E-state index contributed by atoms with van der Waals surface area (Å²) in [7, 11) is 0. The highest BCUT2D eigenvalue weighted by molar-refractivity contribution is 4.89. The first kappa shape index (κ1) is 6.78. The summed E-state index contributed by atoms with van der Waals surface area (Å²) in [5.41, 5.74) is 3.27. The highest BCUT2D eigenvalue weighted by Crippen LogP contribution is 1.95. The van der Waals surface area contributed by atoms with Gasteiger partial charge >= 0.3 is 0 Å². The van der Waals surface area contributed by atoms with Gasteiger partial charge in [-0.25, -0.2) is 5.01 Å². The van der Waals surface area contributed by atoms with Crippen molar-refractivity contribution < 1.29 is 0 Å². The van der Waals surface area contributed by atoms with Crippen molar-refractivity contribution in [2.45, 2.75) is 13.3 Å². The third kappa shape index (κ3) is 2.16. The maximum absolute atomic E-state index is 3.27. The Bertz CT molecular complexity index is 99.1. The number of hydrogen-bond donors (Lipinski definition) is 1. The predicted octanol–water partition coefficient (Wildman–Crippen LogP) is 0.773. The van der Waals surface area contributed by atoms with Gasteiger partial charge in [-0.05, 0) is 6.42 Å². The van der Waals surface area contributed by atoms with Crippen molar-refractivity contribution in [1.82, 2.24) is 10.4 Å². The molecule has 0 saturated carbocycles. The molecule has 0 aromatic rings. The summed E-state index contributed by atoms with van der Waals surface area (Å²) in [6.45, 7) is 5.38. The Hall–Kier alpha value is -0.340. The highest BCUT2D eigenvalue weighted by atomic mass is 15.5. The Kier molecular flexibility index (Phi) is 2.74. The van der Waals surface area contributed by atoms with E-state index in [4.69, 9.17) is 0 Å². The van der Waals surface area contributed by atoms with E-state index in [2.05, 4.69) is 29.5 Å². The molecule has 9 heavy (non-hydrogen) atoms. The molecule has 0 amide bonds. The zero-order valence-electron chi connectivity index (χ0n) is 5.93. The zero-order valence-corrected chi connectivity index (χ0v) is 5.93. The van der Waals surface area contributed by atoms with Crippen molar-refractivity contribution in [3.8, 4) is 0 Å². The van der Waals surface area contributed by atoms with Crippen molar-refractivity contribution in [3.05, 3.63) is 12.2 Å². The molecule has 0 aliphatic carbocycles. The van der Waals surface area contributed by atoms with Gasteiger partial charge in [0, 0.05) is 19.6 Å². The van der Waals surface area contributed by atoms with E-state index in [0.29, 0.717) is 0 Å². The van der Waals surface area contributed by atoms with Gasteiger partial charge in [0.2, 0.25) is 0 Å². The smallest absolute Gasteiger partial charge is 0.0311 e. The third-order valence-electron chi connectivity index (χ3n) is 1.44. The fraction of sp³-hybridized carbons (Fsp3) is 0.714. The summed E-state index contributed by atoms with van der Waals surface area (Å²) in [6, 6.07) is 0. The second-order valence-corrected chi connectivity index (χ2v) is 2.22. The van der Waals surface area contributed by atoms with E-state index in [0.717, 1.165) is 19.6 Å². The van der Waals surface area contributed by atoms with Gasteiger partial charge in [0.25, 0.3) is 0 Å². The van der Waals surface area contributed by atoms with E-state index in [9.17, 15) is 0 Å². The molecule has 0 bridgehead atoms. The summed E-state index contributed by atoms with van der Waals surface area (Å²) in [6.07, 6.45) is 5.62. The van der Waals surface area contributed by atoms with E-state index in [1.54, 1.807) is 0 Å². The van der Waals surface area contributed by atoms with E-state index < -0.39 is 0 Å². The number of hydrogen-bond acceptors (Lipinski definition) is 2. The molecule has 0 atom stereocenters. The van der Waals surface area contributed by atoms with E-state index in [-0.39, 0.29) is 0 Å². The van der Waals surface area contributed by atoms with Crippen LogP contribution in [0.15, 0.2) is 12.2 Å². The standard InChI is InChI=1S/C7H14N2/c1-2-8-9-6-4-3-5-7-9/h3-4,8H,2,5-7H2,1H3. The molecule has 0 radical (unpaired) electrons. The molecule has 52 valence electrons. The van der Waals surface area contributed by atoms with Crippen molar-refractivity contribution in [1.29, 1.82) is 0 Å². The van der Waals surface area contributed by atoms with Crippen LogP contribution in [0.3, 0.4) is 0 Å². The minimum atomic E-state index is 1.04. The number of rotatable bonds is 2. The average molecular weight is 126 g/mol. The minimum absolute atomic E-state index is 1.04. The van der Waals surface area contributed by atoms with Crippen molar-refractivity contribution in [2.75, 3.05) is 19.6 Å². The van der Waals surface area contributed by atoms with Crippen molar-refractivity contribution in [3.63, 3.8) is 0 Å². The van der Waals surface area contributed by atoms with Gasteiger partial charge in [0.15, 0.2) is 0 Å². The molecule has 1 aliphatic heterocycles. The molecule has 1 aliphatic rings. The molecule has 0 aromatic heterocycles. The maximum Gasteiger partial charge on any atom is 0.0311 e. The Morgan fingerprint density at radius 3 is 3.00 bits per heavy atom. The topological polar surface area (TPSA) is 15.3 Å². The van der Waals surface area contributed by atoms with E-state index in [1.165, 1.54) is 6.42 Å². The molecule has 0 fully saturated rings. The van der Waals surface area contributed by atoms with Crippen LogP contribution >= 0.6 is 0 Å². The Morgan fingerprint density at radius 1 is 1.56 bits per heavy atom. The first-order valence-corrected chi connectivity index (χ1v) is 3.57. The van der Waals surface area contributed by atoms with Gasteiger partial charge in [-0.2, -0.15) is 0 Å². The summed E-state index contributed by atoms with van der Waals surface area (Å²) in [4.78, 5) is 0. The molecular weight excluding hydrogens is 112 g/mol. The predicted molar refractivity (Wildman–Crippen MR) is 39.0 cm³/mol. The number of nitrogens with one attached hydrogen (secondary N) is 1. The summed E-state index contributed by atoms with van der Waals surface area (Å²) in [5.74, 6) is 0. The molecule has 0 aromatic carbocycles. The Labute approximate surface area is 56.5 Å². The van der Waals surface area contributed by atoms with Gasteiger partial charge in [0.05, 0.1) is 0 Å². The molecule has 2 nitrogen and oxygen atoms in total. The quantitative estimate of drug-likeness (QED) is 0.550. The lowest BCUT2D eigenvalue weighted by atomic mass is 10.3. The SMILES string of the molecule is CCNN1CC=CCC1. The largest absolute Gasteiger partial charge is 0.255 e.